The minimum atomic E-state index is 0.290. The van der Waals surface area contributed by atoms with Crippen LogP contribution in [0.1, 0.15) is 45.0 Å². The molecule has 0 aliphatic heterocycles. The Hall–Kier alpha value is -0.930. The highest BCUT2D eigenvalue weighted by molar-refractivity contribution is 5.10. The average Bonchev–Trinajstić information content (AvgIpc) is 2.36. The highest BCUT2D eigenvalue weighted by Gasteiger charge is 2.35. The molecule has 4 unspecified atom stereocenters. The predicted molar refractivity (Wildman–Crippen MR) is 84.4 cm³/mol. The average molecular weight is 275 g/mol. The molecule has 1 aromatic heterocycles. The van der Waals surface area contributed by atoms with Crippen LogP contribution in [0.4, 0.5) is 0 Å². The third-order valence-corrected chi connectivity index (χ3v) is 4.61. The second-order valence-electron chi connectivity index (χ2n) is 6.54. The topological polar surface area (TPSA) is 42.2 Å². The van der Waals surface area contributed by atoms with Crippen LogP contribution in [0.3, 0.4) is 0 Å². The van der Waals surface area contributed by atoms with E-state index in [1.165, 1.54) is 6.42 Å². The van der Waals surface area contributed by atoms with Crippen LogP contribution >= 0.6 is 0 Å². The lowest BCUT2D eigenvalue weighted by atomic mass is 9.76. The lowest BCUT2D eigenvalue weighted by Crippen LogP contribution is -2.54. The first-order valence-corrected chi connectivity index (χ1v) is 7.93. The van der Waals surface area contributed by atoms with Crippen LogP contribution in [0.25, 0.3) is 0 Å². The van der Waals surface area contributed by atoms with E-state index >= 15 is 0 Å². The van der Waals surface area contributed by atoms with E-state index in [1.54, 1.807) is 0 Å². The summed E-state index contributed by atoms with van der Waals surface area (Å²) in [6.07, 6.45) is 2.43. The first kappa shape index (κ1) is 15.5. The standard InChI is InChI=1S/C17H29N3/c1-5-20(11-15-8-6-7-14(4)19-15)17-13(3)9-12(2)10-16(17)18/h6-8,12-13,16-17H,5,9-11,18H2,1-4H3. The smallest absolute Gasteiger partial charge is 0.0547 e. The first-order chi connectivity index (χ1) is 9.51. The van der Waals surface area contributed by atoms with E-state index in [1.807, 2.05) is 0 Å². The lowest BCUT2D eigenvalue weighted by molar-refractivity contribution is 0.0726. The van der Waals surface area contributed by atoms with Gasteiger partial charge >= 0.3 is 0 Å². The van der Waals surface area contributed by atoms with Crippen molar-refractivity contribution in [2.75, 3.05) is 6.54 Å². The molecule has 0 amide bonds. The zero-order valence-electron chi connectivity index (χ0n) is 13.3. The number of nitrogens with zero attached hydrogens (tertiary/aromatic N) is 2. The van der Waals surface area contributed by atoms with Gasteiger partial charge < -0.3 is 5.73 Å². The van der Waals surface area contributed by atoms with Gasteiger partial charge in [0.2, 0.25) is 0 Å². The van der Waals surface area contributed by atoms with Crippen LogP contribution < -0.4 is 5.73 Å². The molecular weight excluding hydrogens is 246 g/mol. The Labute approximate surface area is 123 Å². The molecule has 2 rings (SSSR count). The summed E-state index contributed by atoms with van der Waals surface area (Å²) < 4.78 is 0. The summed E-state index contributed by atoms with van der Waals surface area (Å²) in [5.41, 5.74) is 8.71. The van der Waals surface area contributed by atoms with Crippen LogP contribution in [0.2, 0.25) is 0 Å². The summed E-state index contributed by atoms with van der Waals surface area (Å²) >= 11 is 0. The van der Waals surface area contributed by atoms with Gasteiger partial charge in [0.15, 0.2) is 0 Å². The van der Waals surface area contributed by atoms with Gasteiger partial charge in [0.1, 0.15) is 0 Å². The Morgan fingerprint density at radius 1 is 1.30 bits per heavy atom. The predicted octanol–water partition coefficient (Wildman–Crippen LogP) is 2.97. The van der Waals surface area contributed by atoms with Gasteiger partial charge in [-0.3, -0.25) is 9.88 Å². The fourth-order valence-corrected chi connectivity index (χ4v) is 3.85. The van der Waals surface area contributed by atoms with Gasteiger partial charge in [-0.15, -0.1) is 0 Å². The Morgan fingerprint density at radius 3 is 2.65 bits per heavy atom. The molecule has 3 heteroatoms. The minimum Gasteiger partial charge on any atom is -0.326 e. The number of likely N-dealkylation sites (N-methyl/N-ethyl adjacent to an activating group) is 1. The van der Waals surface area contributed by atoms with Crippen molar-refractivity contribution in [3.8, 4) is 0 Å². The summed E-state index contributed by atoms with van der Waals surface area (Å²) in [6, 6.07) is 7.04. The number of aromatic nitrogens is 1. The molecule has 0 saturated heterocycles. The van der Waals surface area contributed by atoms with E-state index in [9.17, 15) is 0 Å². The van der Waals surface area contributed by atoms with Crippen molar-refractivity contribution in [2.45, 2.75) is 59.2 Å². The number of hydrogen-bond donors (Lipinski definition) is 1. The van der Waals surface area contributed by atoms with Crippen molar-refractivity contribution in [1.29, 1.82) is 0 Å². The largest absolute Gasteiger partial charge is 0.326 e. The van der Waals surface area contributed by atoms with E-state index in [-0.39, 0.29) is 0 Å². The summed E-state index contributed by atoms with van der Waals surface area (Å²) in [6.45, 7) is 10.9. The molecule has 1 aliphatic carbocycles. The van der Waals surface area contributed by atoms with E-state index in [2.05, 4.69) is 55.8 Å². The van der Waals surface area contributed by atoms with Crippen LogP contribution in [0.5, 0.6) is 0 Å². The van der Waals surface area contributed by atoms with Crippen molar-refractivity contribution in [2.24, 2.45) is 17.6 Å². The molecule has 4 atom stereocenters. The third kappa shape index (κ3) is 3.58. The summed E-state index contributed by atoms with van der Waals surface area (Å²) in [5.74, 6) is 1.42. The molecule has 1 aliphatic rings. The molecule has 2 N–H and O–H groups in total. The van der Waals surface area contributed by atoms with Crippen molar-refractivity contribution in [3.63, 3.8) is 0 Å². The third-order valence-electron chi connectivity index (χ3n) is 4.61. The monoisotopic (exact) mass is 275 g/mol. The molecule has 0 radical (unpaired) electrons. The molecular formula is C17H29N3. The zero-order chi connectivity index (χ0) is 14.7. The molecule has 3 nitrogen and oxygen atoms in total. The van der Waals surface area contributed by atoms with Gasteiger partial charge in [0, 0.05) is 24.3 Å². The number of pyridine rings is 1. The maximum atomic E-state index is 6.46. The number of hydrogen-bond acceptors (Lipinski definition) is 3. The zero-order valence-corrected chi connectivity index (χ0v) is 13.3. The summed E-state index contributed by atoms with van der Waals surface area (Å²) in [5, 5.41) is 0. The van der Waals surface area contributed by atoms with Crippen LogP contribution in [-0.2, 0) is 6.54 Å². The molecule has 0 bridgehead atoms. The van der Waals surface area contributed by atoms with Gasteiger partial charge in [-0.2, -0.15) is 0 Å². The maximum absolute atomic E-state index is 6.46. The van der Waals surface area contributed by atoms with Gasteiger partial charge in [-0.05, 0) is 50.3 Å². The fourth-order valence-electron chi connectivity index (χ4n) is 3.85. The van der Waals surface area contributed by atoms with E-state index in [0.29, 0.717) is 18.0 Å². The molecule has 1 fully saturated rings. The van der Waals surface area contributed by atoms with Crippen LogP contribution in [0.15, 0.2) is 18.2 Å². The van der Waals surface area contributed by atoms with Crippen molar-refractivity contribution < 1.29 is 0 Å². The van der Waals surface area contributed by atoms with E-state index in [4.69, 9.17) is 5.73 Å². The Kier molecular flexibility index (Phi) is 5.17. The highest BCUT2D eigenvalue weighted by atomic mass is 15.2. The Balaban J connectivity index is 2.11. The normalized spacial score (nSPS) is 30.7. The molecule has 1 heterocycles. The molecule has 0 spiro atoms. The SMILES string of the molecule is CCN(Cc1cccc(C)n1)C1C(C)CC(C)CC1N. The summed E-state index contributed by atoms with van der Waals surface area (Å²) in [4.78, 5) is 7.16. The second kappa shape index (κ2) is 6.68. The number of rotatable bonds is 4. The quantitative estimate of drug-likeness (QED) is 0.918. The second-order valence-corrected chi connectivity index (χ2v) is 6.54. The van der Waals surface area contributed by atoms with E-state index < -0.39 is 0 Å². The van der Waals surface area contributed by atoms with Crippen molar-refractivity contribution >= 4 is 0 Å². The maximum Gasteiger partial charge on any atom is 0.0547 e. The molecule has 1 saturated carbocycles. The van der Waals surface area contributed by atoms with Gasteiger partial charge in [0.25, 0.3) is 0 Å². The number of nitrogens with two attached hydrogens (primary N) is 1. The van der Waals surface area contributed by atoms with Crippen molar-refractivity contribution in [3.05, 3.63) is 29.6 Å². The Bertz CT molecular complexity index is 420. The van der Waals surface area contributed by atoms with Crippen LogP contribution in [-0.4, -0.2) is 28.5 Å². The van der Waals surface area contributed by atoms with Gasteiger partial charge in [0.05, 0.1) is 5.69 Å². The number of aryl methyl sites for hydroxylation is 1. The van der Waals surface area contributed by atoms with Gasteiger partial charge in [-0.1, -0.05) is 26.8 Å². The minimum absolute atomic E-state index is 0.290. The Morgan fingerprint density at radius 2 is 2.05 bits per heavy atom. The fraction of sp³-hybridized carbons (Fsp3) is 0.706. The molecule has 1 aromatic rings. The highest BCUT2D eigenvalue weighted by Crippen LogP contribution is 2.31. The molecule has 0 aromatic carbocycles. The lowest BCUT2D eigenvalue weighted by Gasteiger charge is -2.44. The van der Waals surface area contributed by atoms with E-state index in [0.717, 1.165) is 36.8 Å². The van der Waals surface area contributed by atoms with Gasteiger partial charge in [-0.25, -0.2) is 0 Å². The first-order valence-electron chi connectivity index (χ1n) is 7.93. The molecule has 20 heavy (non-hydrogen) atoms. The summed E-state index contributed by atoms with van der Waals surface area (Å²) in [7, 11) is 0. The molecule has 112 valence electrons. The van der Waals surface area contributed by atoms with Crippen molar-refractivity contribution in [1.82, 2.24) is 9.88 Å². The van der Waals surface area contributed by atoms with Crippen LogP contribution in [0, 0.1) is 18.8 Å².